The molecule has 37 heavy (non-hydrogen) atoms. The molecule has 0 aliphatic heterocycles. The van der Waals surface area contributed by atoms with E-state index < -0.39 is 5.60 Å². The van der Waals surface area contributed by atoms with Crippen LogP contribution in [0.4, 0.5) is 0 Å². The molecule has 2 aromatic rings. The molecule has 2 aromatic carbocycles. The summed E-state index contributed by atoms with van der Waals surface area (Å²) in [6, 6.07) is 11.7. The smallest absolute Gasteiger partial charge is 0.247 e. The molecule has 0 fully saturated rings. The van der Waals surface area contributed by atoms with Gasteiger partial charge in [-0.05, 0) is 53.5 Å². The summed E-state index contributed by atoms with van der Waals surface area (Å²) in [6.45, 7) is 4.24. The average Bonchev–Trinajstić information content (AvgIpc) is 2.90. The molecule has 5 nitrogen and oxygen atoms in total. The minimum atomic E-state index is -1.30. The van der Waals surface area contributed by atoms with Crippen LogP contribution in [0.25, 0.3) is 10.8 Å². The van der Waals surface area contributed by atoms with Crippen molar-refractivity contribution in [3.05, 3.63) is 71.5 Å². The van der Waals surface area contributed by atoms with Crippen molar-refractivity contribution in [1.29, 1.82) is 0 Å². The largest absolute Gasteiger partial charge is 0.508 e. The lowest BCUT2D eigenvalue weighted by molar-refractivity contribution is -0.137. The van der Waals surface area contributed by atoms with Crippen molar-refractivity contribution in [3.8, 4) is 0 Å². The zero-order chi connectivity index (χ0) is 26.5. The Kier molecular flexibility index (Phi) is 11.7. The number of benzene rings is 2. The van der Waals surface area contributed by atoms with Crippen LogP contribution in [0.1, 0.15) is 102 Å². The number of rotatable bonds is 16. The van der Waals surface area contributed by atoms with Gasteiger partial charge in [0.05, 0.1) is 12.5 Å². The van der Waals surface area contributed by atoms with Crippen molar-refractivity contribution in [1.82, 2.24) is 5.48 Å². The number of aliphatic hydroxyl groups is 2. The van der Waals surface area contributed by atoms with Gasteiger partial charge in [-0.2, -0.15) is 0 Å². The van der Waals surface area contributed by atoms with Gasteiger partial charge in [0.25, 0.3) is 0 Å². The number of hydrogen-bond donors (Lipinski definition) is 3. The van der Waals surface area contributed by atoms with Gasteiger partial charge in [-0.3, -0.25) is 9.63 Å². The van der Waals surface area contributed by atoms with Crippen molar-refractivity contribution < 1.29 is 19.8 Å². The molecule has 3 N–H and O–H groups in total. The summed E-state index contributed by atoms with van der Waals surface area (Å²) < 4.78 is 0. The second-order valence-electron chi connectivity index (χ2n) is 10.5. The molecule has 2 atom stereocenters. The highest BCUT2D eigenvalue weighted by molar-refractivity contribution is 5.90. The number of hydrogen-bond acceptors (Lipinski definition) is 4. The third-order valence-corrected chi connectivity index (χ3v) is 7.29. The van der Waals surface area contributed by atoms with Crippen LogP contribution in [0.2, 0.25) is 0 Å². The molecule has 0 aromatic heterocycles. The molecule has 5 heteroatoms. The van der Waals surface area contributed by atoms with E-state index in [2.05, 4.69) is 12.4 Å². The van der Waals surface area contributed by atoms with Crippen LogP contribution in [0.5, 0.6) is 0 Å². The second-order valence-corrected chi connectivity index (χ2v) is 10.5. The number of amides is 1. The number of aliphatic hydroxyl groups excluding tert-OH is 1. The maximum Gasteiger partial charge on any atom is 0.247 e. The summed E-state index contributed by atoms with van der Waals surface area (Å²) in [5.74, 6) is -0.109. The quantitative estimate of drug-likeness (QED) is 0.160. The number of allylic oxidation sites excluding steroid dienone is 1. The summed E-state index contributed by atoms with van der Waals surface area (Å²) in [6.07, 6.45) is 18.9. The summed E-state index contributed by atoms with van der Waals surface area (Å²) >= 11 is 0. The predicted molar refractivity (Wildman–Crippen MR) is 151 cm³/mol. The summed E-state index contributed by atoms with van der Waals surface area (Å²) in [5, 5.41) is 23.1. The molecule has 202 valence electrons. The van der Waals surface area contributed by atoms with Crippen LogP contribution >= 0.6 is 0 Å². The van der Waals surface area contributed by atoms with Gasteiger partial charge in [-0.15, -0.1) is 0 Å². The molecule has 0 heterocycles. The fraction of sp³-hybridized carbons (Fsp3) is 0.531. The van der Waals surface area contributed by atoms with Crippen LogP contribution in [-0.2, 0) is 21.7 Å². The third kappa shape index (κ3) is 9.01. The topological polar surface area (TPSA) is 78.8 Å². The van der Waals surface area contributed by atoms with Crippen molar-refractivity contribution in [2.75, 3.05) is 0 Å². The second kappa shape index (κ2) is 14.9. The molecule has 1 amide bonds. The normalized spacial score (nSPS) is 18.1. The number of fused-ring (bicyclic) bond motifs is 1. The summed E-state index contributed by atoms with van der Waals surface area (Å²) in [4.78, 5) is 18.5. The minimum absolute atomic E-state index is 0.0485. The molecular formula is C32H45NO4. The van der Waals surface area contributed by atoms with Crippen molar-refractivity contribution in [2.45, 2.75) is 109 Å². The van der Waals surface area contributed by atoms with E-state index in [1.165, 1.54) is 63.9 Å². The molecule has 1 aliphatic rings. The van der Waals surface area contributed by atoms with Crippen LogP contribution in [0, 0.1) is 0 Å². The number of hydroxylamine groups is 1. The molecule has 3 rings (SSSR count). The predicted octanol–water partition coefficient (Wildman–Crippen LogP) is 7.72. The van der Waals surface area contributed by atoms with Crippen molar-refractivity contribution in [3.63, 3.8) is 0 Å². The molecule has 0 spiro atoms. The van der Waals surface area contributed by atoms with E-state index in [4.69, 9.17) is 4.84 Å². The maximum absolute atomic E-state index is 12.8. The number of nitrogens with one attached hydrogen (secondary N) is 1. The number of carbonyl (C=O) groups excluding carboxylic acids is 1. The Labute approximate surface area is 222 Å². The molecule has 1 aliphatic carbocycles. The standard InChI is InChI=1S/C32H45NO4/c1-3-4-5-6-7-8-9-10-11-12-15-25(2)37-33-30(35)24-27-19-18-26-16-13-14-17-29(26)31(27)32(36)22-20-28(34)21-23-32/h13-14,16-22,25,34,36H,3-12,15,23-24H2,1-2H3,(H,33,35). The first-order chi connectivity index (χ1) is 17.9. The fourth-order valence-corrected chi connectivity index (χ4v) is 5.13. The van der Waals surface area contributed by atoms with E-state index in [0.717, 1.165) is 29.2 Å². The van der Waals surface area contributed by atoms with Crippen LogP contribution in [0.3, 0.4) is 0 Å². The lowest BCUT2D eigenvalue weighted by Crippen LogP contribution is -2.31. The minimum Gasteiger partial charge on any atom is -0.508 e. The zero-order valence-electron chi connectivity index (χ0n) is 22.7. The van der Waals surface area contributed by atoms with E-state index in [1.807, 2.05) is 43.3 Å². The van der Waals surface area contributed by atoms with Gasteiger partial charge in [-0.25, -0.2) is 5.48 Å². The Hall–Kier alpha value is -2.63. The first-order valence-electron chi connectivity index (χ1n) is 14.2. The van der Waals surface area contributed by atoms with E-state index in [-0.39, 0.29) is 30.6 Å². The first-order valence-corrected chi connectivity index (χ1v) is 14.2. The van der Waals surface area contributed by atoms with Gasteiger partial charge in [-0.1, -0.05) is 108 Å². The van der Waals surface area contributed by atoms with Crippen LogP contribution in [-0.4, -0.2) is 22.2 Å². The van der Waals surface area contributed by atoms with Crippen LogP contribution in [0.15, 0.2) is 60.4 Å². The Morgan fingerprint density at radius 1 is 1.00 bits per heavy atom. The van der Waals surface area contributed by atoms with E-state index >= 15 is 0 Å². The van der Waals surface area contributed by atoms with Gasteiger partial charge in [0.2, 0.25) is 5.91 Å². The number of unbranched alkanes of at least 4 members (excludes halogenated alkanes) is 9. The lowest BCUT2D eigenvalue weighted by Gasteiger charge is -2.30. The fourth-order valence-electron chi connectivity index (χ4n) is 5.13. The number of carbonyl (C=O) groups is 1. The molecule has 0 radical (unpaired) electrons. The Morgan fingerprint density at radius 2 is 1.68 bits per heavy atom. The van der Waals surface area contributed by atoms with E-state index in [0.29, 0.717) is 5.56 Å². The van der Waals surface area contributed by atoms with Crippen molar-refractivity contribution >= 4 is 16.7 Å². The zero-order valence-corrected chi connectivity index (χ0v) is 22.7. The molecule has 0 saturated heterocycles. The first kappa shape index (κ1) is 28.9. The summed E-state index contributed by atoms with van der Waals surface area (Å²) in [7, 11) is 0. The highest BCUT2D eigenvalue weighted by Gasteiger charge is 2.32. The van der Waals surface area contributed by atoms with Gasteiger partial charge in [0, 0.05) is 6.42 Å². The third-order valence-electron chi connectivity index (χ3n) is 7.29. The summed E-state index contributed by atoms with van der Waals surface area (Å²) in [5.41, 5.74) is 2.76. The van der Waals surface area contributed by atoms with Gasteiger partial charge < -0.3 is 10.2 Å². The van der Waals surface area contributed by atoms with Gasteiger partial charge in [0.1, 0.15) is 11.4 Å². The van der Waals surface area contributed by atoms with Crippen molar-refractivity contribution in [2.24, 2.45) is 0 Å². The van der Waals surface area contributed by atoms with E-state index in [9.17, 15) is 15.0 Å². The molecule has 2 unspecified atom stereocenters. The van der Waals surface area contributed by atoms with Crippen LogP contribution < -0.4 is 5.48 Å². The maximum atomic E-state index is 12.8. The molecule has 0 saturated carbocycles. The Bertz CT molecular complexity index is 1060. The monoisotopic (exact) mass is 507 g/mol. The highest BCUT2D eigenvalue weighted by Crippen LogP contribution is 2.38. The van der Waals surface area contributed by atoms with E-state index in [1.54, 1.807) is 12.2 Å². The van der Waals surface area contributed by atoms with Gasteiger partial charge >= 0.3 is 0 Å². The molecule has 0 bridgehead atoms. The average molecular weight is 508 g/mol. The Balaban J connectivity index is 1.47. The lowest BCUT2D eigenvalue weighted by atomic mass is 9.80. The Morgan fingerprint density at radius 3 is 2.35 bits per heavy atom. The highest BCUT2D eigenvalue weighted by atomic mass is 16.7. The molecular weight excluding hydrogens is 462 g/mol. The SMILES string of the molecule is CCCCCCCCCCCCC(C)ONC(=O)Cc1ccc2ccccc2c1C1(O)C=CC(O)=CC1. The van der Waals surface area contributed by atoms with Gasteiger partial charge in [0.15, 0.2) is 0 Å².